The first-order valence-corrected chi connectivity index (χ1v) is 5.33. The van der Waals surface area contributed by atoms with E-state index in [1.165, 1.54) is 6.92 Å². The van der Waals surface area contributed by atoms with Crippen molar-refractivity contribution < 1.29 is 34.1 Å². The number of carbonyl (C=O) groups is 4. The summed E-state index contributed by atoms with van der Waals surface area (Å²) < 4.78 is 4.35. The monoisotopic (exact) mass is 278 g/mol. The summed E-state index contributed by atoms with van der Waals surface area (Å²) in [5.41, 5.74) is 0.539. The Morgan fingerprint density at radius 2 is 1.50 bits per heavy atom. The highest BCUT2D eigenvalue weighted by molar-refractivity contribution is 6.14. The van der Waals surface area contributed by atoms with Crippen molar-refractivity contribution in [2.45, 2.75) is 6.92 Å². The zero-order valence-electron chi connectivity index (χ0n) is 10.3. The molecule has 0 radical (unpaired) electrons. The van der Waals surface area contributed by atoms with Crippen LogP contribution in [0.2, 0.25) is 0 Å². The van der Waals surface area contributed by atoms with Crippen molar-refractivity contribution in [1.82, 2.24) is 0 Å². The van der Waals surface area contributed by atoms with E-state index >= 15 is 0 Å². The first-order chi connectivity index (χ1) is 9.32. The molecule has 20 heavy (non-hydrogen) atoms. The van der Waals surface area contributed by atoms with Crippen LogP contribution in [0.25, 0.3) is 0 Å². The summed E-state index contributed by atoms with van der Waals surface area (Å²) in [6.07, 6.45) is 0.641. The van der Waals surface area contributed by atoms with Gasteiger partial charge in [0.1, 0.15) is 0 Å². The molecule has 0 spiro atoms. The number of fused-ring (bicyclic) bond motifs is 1. The molecule has 0 saturated carbocycles. The maximum absolute atomic E-state index is 10.8. The van der Waals surface area contributed by atoms with Crippen LogP contribution < -0.4 is 0 Å². The van der Waals surface area contributed by atoms with Crippen molar-refractivity contribution in [3.8, 4) is 0 Å². The highest BCUT2D eigenvalue weighted by Crippen LogP contribution is 2.18. The van der Waals surface area contributed by atoms with E-state index in [4.69, 9.17) is 10.2 Å². The van der Waals surface area contributed by atoms with Crippen molar-refractivity contribution in [2.75, 3.05) is 0 Å². The summed E-state index contributed by atoms with van der Waals surface area (Å²) in [7, 11) is 0. The number of carboxylic acid groups (broad SMARTS) is 2. The van der Waals surface area contributed by atoms with Crippen LogP contribution in [0.5, 0.6) is 0 Å². The van der Waals surface area contributed by atoms with Gasteiger partial charge < -0.3 is 14.9 Å². The molecule has 0 saturated heterocycles. The molecular formula is C13H10O7. The van der Waals surface area contributed by atoms with Crippen LogP contribution in [0.1, 0.15) is 27.6 Å². The lowest BCUT2D eigenvalue weighted by Gasteiger charge is -1.86. The molecule has 0 aliphatic carbocycles. The van der Waals surface area contributed by atoms with E-state index < -0.39 is 23.9 Å². The lowest BCUT2D eigenvalue weighted by atomic mass is 10.1. The average Bonchev–Trinajstić information content (AvgIpc) is 2.66. The molecule has 0 atom stereocenters. The summed E-state index contributed by atoms with van der Waals surface area (Å²) in [5, 5.41) is 16.1. The van der Waals surface area contributed by atoms with Gasteiger partial charge in [-0.1, -0.05) is 12.1 Å². The van der Waals surface area contributed by atoms with Gasteiger partial charge in [-0.15, -0.1) is 0 Å². The quantitative estimate of drug-likeness (QED) is 0.472. The number of carboxylic acids is 2. The number of aliphatic carboxylic acids is 2. The van der Waals surface area contributed by atoms with E-state index in [-0.39, 0.29) is 5.57 Å². The van der Waals surface area contributed by atoms with E-state index in [2.05, 4.69) is 4.74 Å². The molecule has 1 aliphatic rings. The van der Waals surface area contributed by atoms with E-state index in [9.17, 15) is 19.2 Å². The molecule has 0 aromatic heterocycles. The standard InChI is InChI=1S/C8H4O3.C5H6O4/c9-7-5-3-1-2-4-6(5)8(10)11-7;1-3(5(8)9)2-4(6)7/h1-4H;2H,1H3,(H,6,7)(H,8,9)/b;3-2-. The Morgan fingerprint density at radius 1 is 1.05 bits per heavy atom. The van der Waals surface area contributed by atoms with E-state index in [0.717, 1.165) is 0 Å². The predicted octanol–water partition coefficient (Wildman–Crippen LogP) is 1.10. The van der Waals surface area contributed by atoms with E-state index in [0.29, 0.717) is 17.2 Å². The fourth-order valence-electron chi connectivity index (χ4n) is 1.28. The normalized spacial score (nSPS) is 12.9. The molecule has 0 fully saturated rings. The van der Waals surface area contributed by atoms with Gasteiger partial charge in [0, 0.05) is 11.6 Å². The number of cyclic esters (lactones) is 2. The summed E-state index contributed by atoms with van der Waals surface area (Å²) in [5.74, 6) is -3.55. The van der Waals surface area contributed by atoms with Crippen LogP contribution in [0.4, 0.5) is 0 Å². The molecule has 0 bridgehead atoms. The lowest BCUT2D eigenvalue weighted by molar-refractivity contribution is -0.135. The van der Waals surface area contributed by atoms with Crippen molar-refractivity contribution >= 4 is 23.9 Å². The largest absolute Gasteiger partial charge is 0.478 e. The number of carbonyl (C=O) groups excluding carboxylic acids is 2. The molecule has 2 rings (SSSR count). The molecule has 1 aromatic carbocycles. The predicted molar refractivity (Wildman–Crippen MR) is 65.2 cm³/mol. The molecule has 2 N–H and O–H groups in total. The maximum atomic E-state index is 10.8. The minimum atomic E-state index is -1.24. The Kier molecular flexibility index (Phi) is 4.74. The third-order valence-corrected chi connectivity index (χ3v) is 2.23. The van der Waals surface area contributed by atoms with Crippen molar-refractivity contribution in [3.63, 3.8) is 0 Å². The fraction of sp³-hybridized carbons (Fsp3) is 0.0769. The van der Waals surface area contributed by atoms with Crippen LogP contribution >= 0.6 is 0 Å². The van der Waals surface area contributed by atoms with Gasteiger partial charge in [-0.05, 0) is 19.1 Å². The zero-order chi connectivity index (χ0) is 15.3. The third-order valence-electron chi connectivity index (χ3n) is 2.23. The number of hydrogen-bond acceptors (Lipinski definition) is 5. The van der Waals surface area contributed by atoms with Crippen molar-refractivity contribution in [1.29, 1.82) is 0 Å². The van der Waals surface area contributed by atoms with Gasteiger partial charge in [0.2, 0.25) is 0 Å². The number of hydrogen-bond donors (Lipinski definition) is 2. The van der Waals surface area contributed by atoms with Gasteiger partial charge in [-0.25, -0.2) is 19.2 Å². The minimum Gasteiger partial charge on any atom is -0.478 e. The van der Waals surface area contributed by atoms with Crippen LogP contribution in [0, 0.1) is 0 Å². The Bertz CT molecular complexity index is 580. The molecule has 0 amide bonds. The molecule has 0 unspecified atom stereocenters. The van der Waals surface area contributed by atoms with Crippen molar-refractivity contribution in [3.05, 3.63) is 47.0 Å². The van der Waals surface area contributed by atoms with Crippen LogP contribution in [-0.2, 0) is 14.3 Å². The van der Waals surface area contributed by atoms with Gasteiger partial charge in [0.05, 0.1) is 11.1 Å². The average molecular weight is 278 g/mol. The molecule has 1 heterocycles. The second kappa shape index (κ2) is 6.28. The number of ether oxygens (including phenoxy) is 1. The van der Waals surface area contributed by atoms with E-state index in [1.807, 2.05) is 0 Å². The highest BCUT2D eigenvalue weighted by atomic mass is 16.6. The van der Waals surface area contributed by atoms with Crippen LogP contribution in [-0.4, -0.2) is 34.1 Å². The van der Waals surface area contributed by atoms with Gasteiger partial charge in [0.15, 0.2) is 0 Å². The first kappa shape index (κ1) is 15.1. The minimum absolute atomic E-state index is 0.178. The van der Waals surface area contributed by atoms with Gasteiger partial charge in [-0.2, -0.15) is 0 Å². The zero-order valence-corrected chi connectivity index (χ0v) is 10.3. The summed E-state index contributed by atoms with van der Waals surface area (Å²) in [6, 6.07) is 6.53. The van der Waals surface area contributed by atoms with Crippen LogP contribution in [0.15, 0.2) is 35.9 Å². The summed E-state index contributed by atoms with van der Waals surface area (Å²) in [4.78, 5) is 41.3. The SMILES string of the molecule is C/C(=C/C(=O)O)C(=O)O.O=C1OC(=O)c2ccccc21. The smallest absolute Gasteiger partial charge is 0.346 e. The lowest BCUT2D eigenvalue weighted by Crippen LogP contribution is -1.99. The van der Waals surface area contributed by atoms with E-state index in [1.54, 1.807) is 24.3 Å². The third kappa shape index (κ3) is 3.77. The molecule has 7 heteroatoms. The number of rotatable bonds is 2. The molecule has 1 aromatic rings. The summed E-state index contributed by atoms with van der Waals surface area (Å²) >= 11 is 0. The first-order valence-electron chi connectivity index (χ1n) is 5.33. The van der Waals surface area contributed by atoms with Crippen LogP contribution in [0.3, 0.4) is 0 Å². The highest BCUT2D eigenvalue weighted by Gasteiger charge is 2.28. The summed E-state index contributed by atoms with van der Waals surface area (Å²) in [6.45, 7) is 1.22. The second-order valence-electron chi connectivity index (χ2n) is 3.69. The Labute approximate surface area is 113 Å². The molecular weight excluding hydrogens is 268 g/mol. The fourth-order valence-corrected chi connectivity index (χ4v) is 1.28. The van der Waals surface area contributed by atoms with Gasteiger partial charge in [0.25, 0.3) is 0 Å². The molecule has 7 nitrogen and oxygen atoms in total. The Morgan fingerprint density at radius 3 is 1.80 bits per heavy atom. The van der Waals surface area contributed by atoms with Crippen molar-refractivity contribution in [2.24, 2.45) is 0 Å². The second-order valence-corrected chi connectivity index (χ2v) is 3.69. The van der Waals surface area contributed by atoms with Gasteiger partial charge >= 0.3 is 23.9 Å². The Balaban J connectivity index is 0.000000206. The van der Waals surface area contributed by atoms with Gasteiger partial charge in [-0.3, -0.25) is 0 Å². The Hall–Kier alpha value is -2.96. The molecule has 104 valence electrons. The molecule has 1 aliphatic heterocycles. The number of esters is 2. The number of benzene rings is 1. The maximum Gasteiger partial charge on any atom is 0.346 e. The topological polar surface area (TPSA) is 118 Å².